The van der Waals surface area contributed by atoms with Gasteiger partial charge in [0, 0.05) is 24.2 Å². The highest BCUT2D eigenvalue weighted by molar-refractivity contribution is 7.07. The Morgan fingerprint density at radius 3 is 2.31 bits per heavy atom. The van der Waals surface area contributed by atoms with Crippen molar-refractivity contribution >= 4 is 23.2 Å². The normalized spacial score (nSPS) is 11.9. The number of H-pyrrole nitrogens is 1. The van der Waals surface area contributed by atoms with Crippen LogP contribution in [0.5, 0.6) is 17.2 Å². The fourth-order valence-corrected chi connectivity index (χ4v) is 5.08. The van der Waals surface area contributed by atoms with Crippen LogP contribution in [0.4, 0.5) is 5.69 Å². The van der Waals surface area contributed by atoms with Crippen molar-refractivity contribution in [1.82, 2.24) is 19.0 Å². The number of hydrogen-bond acceptors (Lipinski definition) is 7. The van der Waals surface area contributed by atoms with Gasteiger partial charge in [0.15, 0.2) is 17.2 Å². The molecule has 0 aliphatic carbocycles. The molecule has 0 saturated carbocycles. The molecule has 0 bridgehead atoms. The fourth-order valence-electron chi connectivity index (χ4n) is 4.24. The number of benzene rings is 2. The zero-order chi connectivity index (χ0) is 27.5. The van der Waals surface area contributed by atoms with E-state index in [1.54, 1.807) is 41.6 Å². The quantitative estimate of drug-likeness (QED) is 0.291. The average Bonchev–Trinajstić information content (AvgIpc) is 3.68. The predicted octanol–water partition coefficient (Wildman–Crippen LogP) is 4.48. The molecule has 0 aliphatic rings. The second kappa shape index (κ2) is 10.9. The summed E-state index contributed by atoms with van der Waals surface area (Å²) < 4.78 is 21.7. The molecule has 0 radical (unpaired) electrons. The van der Waals surface area contributed by atoms with Gasteiger partial charge in [-0.2, -0.15) is 5.10 Å². The number of nitrogens with zero attached hydrogens (tertiary/aromatic N) is 5. The average molecular weight is 545 g/mol. The minimum atomic E-state index is -0.219. The third-order valence-corrected chi connectivity index (χ3v) is 7.13. The van der Waals surface area contributed by atoms with Crippen molar-refractivity contribution in [3.8, 4) is 34.2 Å². The molecule has 5 rings (SSSR count). The highest BCUT2D eigenvalue weighted by atomic mass is 32.1. The first-order valence-electron chi connectivity index (χ1n) is 12.0. The Morgan fingerprint density at radius 1 is 0.974 bits per heavy atom. The summed E-state index contributed by atoms with van der Waals surface area (Å²) in [5.41, 5.74) is 3.93. The first-order chi connectivity index (χ1) is 19.0. The maximum atomic E-state index is 13.5. The summed E-state index contributed by atoms with van der Waals surface area (Å²) in [5.74, 6) is 1.52. The van der Waals surface area contributed by atoms with Gasteiger partial charge in [-0.3, -0.25) is 9.48 Å². The van der Waals surface area contributed by atoms with Crippen molar-refractivity contribution in [3.05, 3.63) is 92.7 Å². The van der Waals surface area contributed by atoms with E-state index in [0.29, 0.717) is 27.7 Å². The molecule has 2 aromatic carbocycles. The molecular weight excluding hydrogens is 516 g/mol. The summed E-state index contributed by atoms with van der Waals surface area (Å²) >= 11 is 1.37. The second-order valence-electron chi connectivity index (χ2n) is 8.52. The zero-order valence-corrected chi connectivity index (χ0v) is 23.0. The summed E-state index contributed by atoms with van der Waals surface area (Å²) in [6.45, 7) is 1.87. The topological polar surface area (TPSA) is 100 Å². The number of ether oxygens (including phenoxy) is 3. The Balaban J connectivity index is 1.73. The Hall–Kier alpha value is -4.77. The smallest absolute Gasteiger partial charge is 0.297 e. The molecule has 39 heavy (non-hydrogen) atoms. The lowest BCUT2D eigenvalue weighted by atomic mass is 10.1. The summed E-state index contributed by atoms with van der Waals surface area (Å²) in [7, 11) is 6.55. The molecule has 0 atom stereocenters. The third kappa shape index (κ3) is 4.79. The van der Waals surface area contributed by atoms with Crippen molar-refractivity contribution < 1.29 is 14.2 Å². The first kappa shape index (κ1) is 25.9. The molecule has 11 heteroatoms. The van der Waals surface area contributed by atoms with Crippen LogP contribution in [0.25, 0.3) is 16.9 Å². The standard InChI is InChI=1S/C28H28N6O4S/c1-18-25(27(35)34(32(18)2)21-11-7-6-8-12-21)31-28-33(30-16-20-10-9-13-29-20)22(17-39-28)19-14-23(36-3)26(38-5)24(15-19)37-4/h6-17,29H,1-5H3. The van der Waals surface area contributed by atoms with Gasteiger partial charge in [-0.1, -0.05) is 18.2 Å². The molecule has 0 aliphatic heterocycles. The summed E-state index contributed by atoms with van der Waals surface area (Å²) in [6, 6.07) is 17.0. The monoisotopic (exact) mass is 544 g/mol. The zero-order valence-electron chi connectivity index (χ0n) is 22.2. The fraction of sp³-hybridized carbons (Fsp3) is 0.179. The Labute approximate surface area is 228 Å². The lowest BCUT2D eigenvalue weighted by molar-refractivity contribution is 0.324. The van der Waals surface area contributed by atoms with Gasteiger partial charge in [0.25, 0.3) is 5.56 Å². The molecule has 0 saturated heterocycles. The van der Waals surface area contributed by atoms with Crippen LogP contribution in [0.1, 0.15) is 11.4 Å². The van der Waals surface area contributed by atoms with E-state index in [2.05, 4.69) is 4.98 Å². The molecule has 200 valence electrons. The number of nitrogens with one attached hydrogen (secondary N) is 1. The Morgan fingerprint density at radius 2 is 1.69 bits per heavy atom. The van der Waals surface area contributed by atoms with E-state index in [0.717, 1.165) is 28.3 Å². The number of rotatable bonds is 8. The molecule has 1 N–H and O–H groups in total. The van der Waals surface area contributed by atoms with Crippen LogP contribution in [-0.4, -0.2) is 46.6 Å². The molecular formula is C28H28N6O4S. The van der Waals surface area contributed by atoms with E-state index < -0.39 is 0 Å². The number of thiazole rings is 1. The van der Waals surface area contributed by atoms with Crippen molar-refractivity contribution in [2.24, 2.45) is 17.1 Å². The van der Waals surface area contributed by atoms with Crippen LogP contribution in [0.3, 0.4) is 0 Å². The van der Waals surface area contributed by atoms with Crippen molar-refractivity contribution in [2.45, 2.75) is 6.92 Å². The van der Waals surface area contributed by atoms with E-state index >= 15 is 0 Å². The van der Waals surface area contributed by atoms with Gasteiger partial charge in [-0.25, -0.2) is 14.4 Å². The SMILES string of the molecule is COc1cc(-c2csc(=Nc3c(C)n(C)n(-c4ccccc4)c3=O)n2N=Cc2ccc[nH]2)cc(OC)c1OC. The van der Waals surface area contributed by atoms with Gasteiger partial charge < -0.3 is 19.2 Å². The predicted molar refractivity (Wildman–Crippen MR) is 152 cm³/mol. The maximum absolute atomic E-state index is 13.5. The van der Waals surface area contributed by atoms with Crippen molar-refractivity contribution in [1.29, 1.82) is 0 Å². The lowest BCUT2D eigenvalue weighted by Crippen LogP contribution is -2.19. The lowest BCUT2D eigenvalue weighted by Gasteiger charge is -2.14. The van der Waals surface area contributed by atoms with Gasteiger partial charge in [0.2, 0.25) is 10.6 Å². The van der Waals surface area contributed by atoms with Gasteiger partial charge in [0.1, 0.15) is 0 Å². The largest absolute Gasteiger partial charge is 0.493 e. The maximum Gasteiger partial charge on any atom is 0.297 e. The molecule has 0 amide bonds. The second-order valence-corrected chi connectivity index (χ2v) is 9.36. The molecule has 3 heterocycles. The molecule has 0 unspecified atom stereocenters. The van der Waals surface area contributed by atoms with Crippen LogP contribution >= 0.6 is 11.3 Å². The molecule has 10 nitrogen and oxygen atoms in total. The molecule has 3 aromatic heterocycles. The summed E-state index contributed by atoms with van der Waals surface area (Å²) in [5, 5.41) is 6.66. The van der Waals surface area contributed by atoms with Gasteiger partial charge in [-0.15, -0.1) is 11.3 Å². The first-order valence-corrected chi connectivity index (χ1v) is 12.9. The Kier molecular flexibility index (Phi) is 7.24. The van der Waals surface area contributed by atoms with Gasteiger partial charge in [-0.05, 0) is 43.3 Å². The highest BCUT2D eigenvalue weighted by Crippen LogP contribution is 2.41. The minimum absolute atomic E-state index is 0.219. The molecule has 0 fully saturated rings. The minimum Gasteiger partial charge on any atom is -0.493 e. The number of hydrogen-bond donors (Lipinski definition) is 1. The van der Waals surface area contributed by atoms with E-state index in [1.807, 2.05) is 80.1 Å². The molecule has 0 spiro atoms. The molecule has 5 aromatic rings. The van der Waals surface area contributed by atoms with Crippen LogP contribution in [0, 0.1) is 6.92 Å². The summed E-state index contributed by atoms with van der Waals surface area (Å²) in [6.07, 6.45) is 3.53. The van der Waals surface area contributed by atoms with Crippen LogP contribution in [0.15, 0.2) is 81.1 Å². The van der Waals surface area contributed by atoms with Crippen molar-refractivity contribution in [2.75, 3.05) is 21.3 Å². The van der Waals surface area contributed by atoms with Crippen LogP contribution < -0.4 is 24.6 Å². The highest BCUT2D eigenvalue weighted by Gasteiger charge is 2.19. The van der Waals surface area contributed by atoms with E-state index in [-0.39, 0.29) is 5.56 Å². The summed E-state index contributed by atoms with van der Waals surface area (Å²) in [4.78, 5) is 22.0. The van der Waals surface area contributed by atoms with Crippen LogP contribution in [0.2, 0.25) is 0 Å². The van der Waals surface area contributed by atoms with Gasteiger partial charge in [0.05, 0.1) is 50.3 Å². The number of aromatic amines is 1. The number of para-hydroxylation sites is 1. The van der Waals surface area contributed by atoms with E-state index in [1.165, 1.54) is 11.3 Å². The van der Waals surface area contributed by atoms with E-state index in [4.69, 9.17) is 24.3 Å². The van der Waals surface area contributed by atoms with Crippen molar-refractivity contribution in [3.63, 3.8) is 0 Å². The third-order valence-electron chi connectivity index (χ3n) is 6.31. The van der Waals surface area contributed by atoms with Crippen LogP contribution in [-0.2, 0) is 7.05 Å². The van der Waals surface area contributed by atoms with E-state index in [9.17, 15) is 4.79 Å². The number of methoxy groups -OCH3 is 3. The Bertz CT molecular complexity index is 1730. The number of aromatic nitrogens is 4. The van der Waals surface area contributed by atoms with Gasteiger partial charge >= 0.3 is 0 Å².